The van der Waals surface area contributed by atoms with Gasteiger partial charge in [0, 0.05) is 19.1 Å². The van der Waals surface area contributed by atoms with Gasteiger partial charge in [0.05, 0.1) is 25.5 Å². The molecule has 1 aromatic carbocycles. The molecule has 0 unspecified atom stereocenters. The molecule has 0 N–H and O–H groups in total. The number of carbonyl (C=O) groups excluding carboxylic acids is 1. The molecule has 1 fully saturated rings. The molecule has 0 radical (unpaired) electrons. The quantitative estimate of drug-likeness (QED) is 0.762. The SMILES string of the molecule is C[C@H]1[C@H](COCc2ccccc2)N(C(=O)OC(C)(C)C)CCN1S(C)(=O)=O. The zero-order valence-corrected chi connectivity index (χ0v) is 17.5. The van der Waals surface area contributed by atoms with Crippen LogP contribution in [0.4, 0.5) is 4.79 Å². The lowest BCUT2D eigenvalue weighted by atomic mass is 10.1. The van der Waals surface area contributed by atoms with Crippen LogP contribution in [0.5, 0.6) is 0 Å². The summed E-state index contributed by atoms with van der Waals surface area (Å²) in [6.45, 7) is 8.35. The van der Waals surface area contributed by atoms with Crippen molar-refractivity contribution in [3.05, 3.63) is 35.9 Å². The van der Waals surface area contributed by atoms with Crippen LogP contribution in [0.2, 0.25) is 0 Å². The van der Waals surface area contributed by atoms with Gasteiger partial charge >= 0.3 is 6.09 Å². The highest BCUT2D eigenvalue weighted by Gasteiger charge is 2.41. The van der Waals surface area contributed by atoms with E-state index in [1.807, 2.05) is 51.1 Å². The summed E-state index contributed by atoms with van der Waals surface area (Å²) in [6.07, 6.45) is 0.741. The topological polar surface area (TPSA) is 76.2 Å². The third-order valence-electron chi connectivity index (χ3n) is 4.43. The van der Waals surface area contributed by atoms with Crippen molar-refractivity contribution in [3.63, 3.8) is 0 Å². The van der Waals surface area contributed by atoms with Crippen LogP contribution in [-0.4, -0.2) is 67.4 Å². The maximum atomic E-state index is 12.6. The van der Waals surface area contributed by atoms with Crippen LogP contribution in [0.15, 0.2) is 30.3 Å². The first-order chi connectivity index (χ1) is 12.5. The largest absolute Gasteiger partial charge is 0.444 e. The van der Waals surface area contributed by atoms with Gasteiger partial charge in [-0.3, -0.25) is 4.90 Å². The molecule has 2 atom stereocenters. The molecule has 1 saturated heterocycles. The van der Waals surface area contributed by atoms with E-state index in [1.54, 1.807) is 11.8 Å². The van der Waals surface area contributed by atoms with Gasteiger partial charge in [-0.2, -0.15) is 4.31 Å². The average Bonchev–Trinajstić information content (AvgIpc) is 2.54. The van der Waals surface area contributed by atoms with Crippen LogP contribution in [0, 0.1) is 0 Å². The Balaban J connectivity index is 2.13. The second-order valence-electron chi connectivity index (χ2n) is 7.86. The lowest BCUT2D eigenvalue weighted by molar-refractivity contribution is -0.0279. The van der Waals surface area contributed by atoms with E-state index < -0.39 is 33.8 Å². The van der Waals surface area contributed by atoms with E-state index in [2.05, 4.69) is 0 Å². The molecule has 2 rings (SSSR count). The first-order valence-corrected chi connectivity index (χ1v) is 10.9. The van der Waals surface area contributed by atoms with Crippen LogP contribution in [0.1, 0.15) is 33.3 Å². The Kier molecular flexibility index (Phi) is 6.88. The van der Waals surface area contributed by atoms with E-state index >= 15 is 0 Å². The van der Waals surface area contributed by atoms with Gasteiger partial charge in [-0.15, -0.1) is 0 Å². The Hall–Kier alpha value is -1.64. The van der Waals surface area contributed by atoms with E-state index in [-0.39, 0.29) is 19.7 Å². The number of ether oxygens (including phenoxy) is 2. The van der Waals surface area contributed by atoms with Crippen molar-refractivity contribution in [1.29, 1.82) is 0 Å². The predicted molar refractivity (Wildman–Crippen MR) is 104 cm³/mol. The van der Waals surface area contributed by atoms with Crippen molar-refractivity contribution < 1.29 is 22.7 Å². The zero-order chi connectivity index (χ0) is 20.2. The number of hydrogen-bond acceptors (Lipinski definition) is 5. The Bertz CT molecular complexity index is 730. The molecular weight excluding hydrogens is 368 g/mol. The molecule has 0 bridgehead atoms. The molecule has 0 aliphatic carbocycles. The predicted octanol–water partition coefficient (Wildman–Crippen LogP) is 2.47. The van der Waals surface area contributed by atoms with Gasteiger partial charge in [0.15, 0.2) is 0 Å². The van der Waals surface area contributed by atoms with E-state index in [0.717, 1.165) is 5.56 Å². The first-order valence-electron chi connectivity index (χ1n) is 9.07. The highest BCUT2D eigenvalue weighted by atomic mass is 32.2. The molecule has 1 aliphatic rings. The lowest BCUT2D eigenvalue weighted by Crippen LogP contribution is -2.63. The second-order valence-corrected chi connectivity index (χ2v) is 9.79. The molecule has 27 heavy (non-hydrogen) atoms. The maximum absolute atomic E-state index is 12.6. The molecular formula is C19H30N2O5S. The molecule has 1 heterocycles. The smallest absolute Gasteiger partial charge is 0.410 e. The number of benzene rings is 1. The van der Waals surface area contributed by atoms with Gasteiger partial charge in [0.2, 0.25) is 10.0 Å². The molecule has 1 aliphatic heterocycles. The number of sulfonamides is 1. The van der Waals surface area contributed by atoms with Gasteiger partial charge in [0.1, 0.15) is 5.60 Å². The van der Waals surface area contributed by atoms with Crippen LogP contribution in [0.3, 0.4) is 0 Å². The fourth-order valence-corrected chi connectivity index (χ4v) is 4.30. The van der Waals surface area contributed by atoms with Crippen molar-refractivity contribution in [2.24, 2.45) is 0 Å². The molecule has 0 aromatic heterocycles. The standard InChI is InChI=1S/C19H30N2O5S/c1-15-17(14-25-13-16-9-7-6-8-10-16)20(18(22)26-19(2,3)4)11-12-21(15)27(5,23)24/h6-10,15,17H,11-14H2,1-5H3/t15-,17-/m0/s1. The van der Waals surface area contributed by atoms with E-state index in [0.29, 0.717) is 6.61 Å². The maximum Gasteiger partial charge on any atom is 0.410 e. The molecule has 0 saturated carbocycles. The summed E-state index contributed by atoms with van der Waals surface area (Å²) >= 11 is 0. The molecule has 1 aromatic rings. The molecule has 1 amide bonds. The Labute approximate surface area is 162 Å². The third kappa shape index (κ3) is 6.19. The fraction of sp³-hybridized carbons (Fsp3) is 0.632. The van der Waals surface area contributed by atoms with Gasteiger partial charge in [0.25, 0.3) is 0 Å². The van der Waals surface area contributed by atoms with Crippen molar-refractivity contribution in [2.75, 3.05) is 26.0 Å². The molecule has 152 valence electrons. The number of nitrogens with zero attached hydrogens (tertiary/aromatic N) is 2. The lowest BCUT2D eigenvalue weighted by Gasteiger charge is -2.45. The minimum Gasteiger partial charge on any atom is -0.444 e. The minimum atomic E-state index is -3.37. The normalized spacial score (nSPS) is 21.9. The zero-order valence-electron chi connectivity index (χ0n) is 16.7. The summed E-state index contributed by atoms with van der Waals surface area (Å²) in [5, 5.41) is 0. The van der Waals surface area contributed by atoms with Gasteiger partial charge in [-0.1, -0.05) is 30.3 Å². The van der Waals surface area contributed by atoms with Crippen LogP contribution in [-0.2, 0) is 26.1 Å². The Morgan fingerprint density at radius 2 is 1.81 bits per heavy atom. The van der Waals surface area contributed by atoms with Crippen LogP contribution in [0.25, 0.3) is 0 Å². The summed E-state index contributed by atoms with van der Waals surface area (Å²) in [4.78, 5) is 14.2. The number of hydrogen-bond donors (Lipinski definition) is 0. The van der Waals surface area contributed by atoms with Crippen molar-refractivity contribution in [2.45, 2.75) is 52.0 Å². The van der Waals surface area contributed by atoms with Crippen molar-refractivity contribution in [1.82, 2.24) is 9.21 Å². The highest BCUT2D eigenvalue weighted by molar-refractivity contribution is 7.88. The summed E-state index contributed by atoms with van der Waals surface area (Å²) < 4.78 is 36.9. The van der Waals surface area contributed by atoms with Gasteiger partial charge < -0.3 is 9.47 Å². The van der Waals surface area contributed by atoms with Gasteiger partial charge in [-0.05, 0) is 33.3 Å². The Morgan fingerprint density at radius 1 is 1.19 bits per heavy atom. The molecule has 7 nitrogen and oxygen atoms in total. The van der Waals surface area contributed by atoms with Crippen LogP contribution >= 0.6 is 0 Å². The number of carbonyl (C=O) groups is 1. The second kappa shape index (κ2) is 8.58. The summed E-state index contributed by atoms with van der Waals surface area (Å²) in [5.41, 5.74) is 0.397. The fourth-order valence-electron chi connectivity index (χ4n) is 3.14. The summed E-state index contributed by atoms with van der Waals surface area (Å²) in [5.74, 6) is 0. The monoisotopic (exact) mass is 398 g/mol. The number of amides is 1. The van der Waals surface area contributed by atoms with Crippen LogP contribution < -0.4 is 0 Å². The molecule has 0 spiro atoms. The van der Waals surface area contributed by atoms with Crippen molar-refractivity contribution in [3.8, 4) is 0 Å². The summed E-state index contributed by atoms with van der Waals surface area (Å²) in [6, 6.07) is 8.88. The van der Waals surface area contributed by atoms with E-state index in [1.165, 1.54) is 10.6 Å². The first kappa shape index (κ1) is 21.7. The van der Waals surface area contributed by atoms with E-state index in [4.69, 9.17) is 9.47 Å². The Morgan fingerprint density at radius 3 is 2.37 bits per heavy atom. The molecule has 8 heteroatoms. The highest BCUT2D eigenvalue weighted by Crippen LogP contribution is 2.23. The minimum absolute atomic E-state index is 0.224. The third-order valence-corrected chi connectivity index (χ3v) is 5.79. The number of rotatable bonds is 5. The van der Waals surface area contributed by atoms with E-state index in [9.17, 15) is 13.2 Å². The van der Waals surface area contributed by atoms with Gasteiger partial charge in [-0.25, -0.2) is 13.2 Å². The van der Waals surface area contributed by atoms with Crippen molar-refractivity contribution >= 4 is 16.1 Å². The summed E-state index contributed by atoms with van der Waals surface area (Å²) in [7, 11) is -3.37. The average molecular weight is 399 g/mol. The number of piperazine rings is 1.